The molecule has 0 unspecified atom stereocenters. The zero-order valence-electron chi connectivity index (χ0n) is 16.4. The number of H-pyrrole nitrogens is 1. The summed E-state index contributed by atoms with van der Waals surface area (Å²) in [6, 6.07) is 16.3. The molecule has 0 fully saturated rings. The molecule has 4 aromatic rings. The predicted molar refractivity (Wildman–Crippen MR) is 112 cm³/mol. The van der Waals surface area contributed by atoms with Gasteiger partial charge in [0, 0.05) is 11.8 Å². The van der Waals surface area contributed by atoms with Crippen LogP contribution in [0.5, 0.6) is 0 Å². The number of rotatable bonds is 6. The lowest BCUT2D eigenvalue weighted by atomic mass is 10.1. The number of aromatic amines is 1. The number of anilines is 2. The Morgan fingerprint density at radius 2 is 1.79 bits per heavy atom. The van der Waals surface area contributed by atoms with E-state index in [0.717, 1.165) is 51.4 Å². The number of benzene rings is 2. The third-order valence-electron chi connectivity index (χ3n) is 4.76. The number of nitrogens with one attached hydrogen (secondary N) is 2. The van der Waals surface area contributed by atoms with Crippen molar-refractivity contribution in [3.63, 3.8) is 0 Å². The van der Waals surface area contributed by atoms with E-state index in [1.807, 2.05) is 43.3 Å². The molecule has 2 aromatic carbocycles. The number of fused-ring (bicyclic) bond motifs is 1. The highest BCUT2D eigenvalue weighted by atomic mass is 15.4. The lowest BCUT2D eigenvalue weighted by molar-refractivity contribution is 0.908. The van der Waals surface area contributed by atoms with Crippen molar-refractivity contribution in [2.24, 2.45) is 0 Å². The third kappa shape index (κ3) is 4.06. The van der Waals surface area contributed by atoms with Gasteiger partial charge in [0.25, 0.3) is 0 Å². The fourth-order valence-electron chi connectivity index (χ4n) is 3.22. The average Bonchev–Trinajstić information content (AvgIpc) is 3.16. The number of hydrogen-bond donors (Lipinski definition) is 2. The number of hydrogen-bond acceptors (Lipinski definition) is 6. The van der Waals surface area contributed by atoms with Crippen LogP contribution >= 0.6 is 0 Å². The number of aryl methyl sites for hydroxylation is 2. The van der Waals surface area contributed by atoms with Crippen LogP contribution in [-0.4, -0.2) is 25.4 Å². The normalized spacial score (nSPS) is 10.8. The molecule has 0 bridgehead atoms. The van der Waals surface area contributed by atoms with Crippen molar-refractivity contribution in [2.75, 3.05) is 5.32 Å². The highest BCUT2D eigenvalue weighted by Gasteiger charge is 2.13. The number of nitriles is 1. The summed E-state index contributed by atoms with van der Waals surface area (Å²) in [7, 11) is 0. The molecule has 0 aliphatic rings. The molecule has 0 spiro atoms. The molecule has 0 aliphatic heterocycles. The summed E-state index contributed by atoms with van der Waals surface area (Å²) in [5.74, 6) is 2.12. The van der Waals surface area contributed by atoms with Crippen LogP contribution in [0, 0.1) is 18.3 Å². The lowest BCUT2D eigenvalue weighted by Crippen LogP contribution is -2.04. The molecule has 144 valence electrons. The lowest BCUT2D eigenvalue weighted by Gasteiger charge is -2.11. The second-order valence-electron chi connectivity index (χ2n) is 6.93. The van der Waals surface area contributed by atoms with Crippen molar-refractivity contribution in [1.82, 2.24) is 25.4 Å². The molecule has 29 heavy (non-hydrogen) atoms. The molecule has 2 aromatic heterocycles. The Kier molecular flexibility index (Phi) is 5.16. The van der Waals surface area contributed by atoms with Crippen molar-refractivity contribution in [1.29, 1.82) is 5.26 Å². The second-order valence-corrected chi connectivity index (χ2v) is 6.93. The summed E-state index contributed by atoms with van der Waals surface area (Å²) in [5.41, 5.74) is 5.00. The Balaban J connectivity index is 1.71. The van der Waals surface area contributed by atoms with Crippen LogP contribution in [0.2, 0.25) is 0 Å². The van der Waals surface area contributed by atoms with Gasteiger partial charge < -0.3 is 5.32 Å². The van der Waals surface area contributed by atoms with Gasteiger partial charge in [-0.05, 0) is 42.2 Å². The number of nitrogens with zero attached hydrogens (tertiary/aromatic N) is 5. The van der Waals surface area contributed by atoms with Crippen LogP contribution < -0.4 is 5.32 Å². The SMILES string of the molecule is CCc1n[nH]nc1Nc1nc(Cc2ccc(CC#N)cc2)nc2cc(C)ccc12. The van der Waals surface area contributed by atoms with Gasteiger partial charge >= 0.3 is 0 Å². The van der Waals surface area contributed by atoms with Crippen LogP contribution in [0.4, 0.5) is 11.6 Å². The maximum absolute atomic E-state index is 8.83. The van der Waals surface area contributed by atoms with Crippen LogP contribution in [0.15, 0.2) is 42.5 Å². The monoisotopic (exact) mass is 383 g/mol. The molecule has 4 rings (SSSR count). The van der Waals surface area contributed by atoms with Gasteiger partial charge in [0.15, 0.2) is 5.82 Å². The van der Waals surface area contributed by atoms with Crippen LogP contribution in [-0.2, 0) is 19.3 Å². The first kappa shape index (κ1) is 18.6. The van der Waals surface area contributed by atoms with Crippen LogP contribution in [0.1, 0.15) is 35.1 Å². The van der Waals surface area contributed by atoms with Gasteiger partial charge in [0.2, 0.25) is 0 Å². The van der Waals surface area contributed by atoms with Gasteiger partial charge in [0.05, 0.1) is 18.0 Å². The molecular weight excluding hydrogens is 362 g/mol. The van der Waals surface area contributed by atoms with Gasteiger partial charge in [-0.15, -0.1) is 5.10 Å². The fraction of sp³-hybridized carbons (Fsp3) is 0.227. The first-order valence-corrected chi connectivity index (χ1v) is 9.55. The summed E-state index contributed by atoms with van der Waals surface area (Å²) in [5, 5.41) is 24.2. The molecule has 0 atom stereocenters. The molecule has 0 saturated carbocycles. The molecule has 2 heterocycles. The second kappa shape index (κ2) is 8.07. The smallest absolute Gasteiger partial charge is 0.177 e. The summed E-state index contributed by atoms with van der Waals surface area (Å²) in [4.78, 5) is 9.55. The summed E-state index contributed by atoms with van der Waals surface area (Å²) < 4.78 is 0. The van der Waals surface area contributed by atoms with Gasteiger partial charge in [-0.25, -0.2) is 9.97 Å². The van der Waals surface area contributed by atoms with E-state index < -0.39 is 0 Å². The zero-order chi connectivity index (χ0) is 20.2. The minimum atomic E-state index is 0.414. The minimum Gasteiger partial charge on any atom is -0.321 e. The average molecular weight is 383 g/mol. The summed E-state index contributed by atoms with van der Waals surface area (Å²) in [6.07, 6.45) is 1.78. The van der Waals surface area contributed by atoms with E-state index in [4.69, 9.17) is 15.2 Å². The molecule has 0 radical (unpaired) electrons. The topological polar surface area (TPSA) is 103 Å². The highest BCUT2D eigenvalue weighted by Crippen LogP contribution is 2.26. The van der Waals surface area contributed by atoms with Crippen molar-refractivity contribution in [2.45, 2.75) is 33.1 Å². The Morgan fingerprint density at radius 3 is 2.55 bits per heavy atom. The van der Waals surface area contributed by atoms with E-state index in [0.29, 0.717) is 18.7 Å². The van der Waals surface area contributed by atoms with Crippen molar-refractivity contribution in [3.05, 3.63) is 70.7 Å². The first-order valence-electron chi connectivity index (χ1n) is 9.55. The Morgan fingerprint density at radius 1 is 1.00 bits per heavy atom. The van der Waals surface area contributed by atoms with E-state index in [2.05, 4.69) is 39.8 Å². The highest BCUT2D eigenvalue weighted by molar-refractivity contribution is 5.91. The van der Waals surface area contributed by atoms with E-state index >= 15 is 0 Å². The minimum absolute atomic E-state index is 0.414. The van der Waals surface area contributed by atoms with Crippen molar-refractivity contribution >= 4 is 22.5 Å². The van der Waals surface area contributed by atoms with Crippen LogP contribution in [0.3, 0.4) is 0 Å². The molecule has 7 nitrogen and oxygen atoms in total. The summed E-state index contributed by atoms with van der Waals surface area (Å²) >= 11 is 0. The molecule has 0 saturated heterocycles. The zero-order valence-corrected chi connectivity index (χ0v) is 16.4. The van der Waals surface area contributed by atoms with Gasteiger partial charge in [0.1, 0.15) is 17.3 Å². The van der Waals surface area contributed by atoms with E-state index in [1.54, 1.807) is 0 Å². The number of aromatic nitrogens is 5. The predicted octanol–water partition coefficient (Wildman–Crippen LogP) is 4.02. The molecule has 2 N–H and O–H groups in total. The van der Waals surface area contributed by atoms with E-state index in [9.17, 15) is 0 Å². The largest absolute Gasteiger partial charge is 0.321 e. The molecule has 0 aliphatic carbocycles. The van der Waals surface area contributed by atoms with Crippen molar-refractivity contribution in [3.8, 4) is 6.07 Å². The van der Waals surface area contributed by atoms with E-state index in [1.165, 1.54) is 0 Å². The van der Waals surface area contributed by atoms with Gasteiger partial charge in [-0.3, -0.25) is 0 Å². The standard InChI is InChI=1S/C22H21N7/c1-3-18-22(28-29-27-18)26-21-17-9-4-14(2)12-19(17)24-20(25-21)13-16-7-5-15(6-8-16)10-11-23/h4-9,12H,3,10,13H2,1-2H3,(H2,24,25,26,27,28,29). The van der Waals surface area contributed by atoms with E-state index in [-0.39, 0.29) is 0 Å². The quantitative estimate of drug-likeness (QED) is 0.521. The Bertz CT molecular complexity index is 1190. The Labute approximate surface area is 168 Å². The Hall–Kier alpha value is -3.79. The molecule has 7 heteroatoms. The first-order chi connectivity index (χ1) is 14.2. The maximum atomic E-state index is 8.83. The van der Waals surface area contributed by atoms with Gasteiger partial charge in [-0.2, -0.15) is 15.6 Å². The molecule has 0 amide bonds. The molecular formula is C22H21N7. The van der Waals surface area contributed by atoms with Crippen LogP contribution in [0.25, 0.3) is 10.9 Å². The van der Waals surface area contributed by atoms with Crippen molar-refractivity contribution < 1.29 is 0 Å². The van der Waals surface area contributed by atoms with Gasteiger partial charge in [-0.1, -0.05) is 37.3 Å². The third-order valence-corrected chi connectivity index (χ3v) is 4.76. The maximum Gasteiger partial charge on any atom is 0.177 e. The fourth-order valence-corrected chi connectivity index (χ4v) is 3.22. The summed E-state index contributed by atoms with van der Waals surface area (Å²) in [6.45, 7) is 4.08.